The van der Waals surface area contributed by atoms with E-state index in [1.165, 1.54) is 57.7 Å². The summed E-state index contributed by atoms with van der Waals surface area (Å²) in [6.07, 6.45) is 9.74. The summed E-state index contributed by atoms with van der Waals surface area (Å²) in [6.45, 7) is 0. The molecule has 10 heteroatoms. The molecule has 0 amide bonds. The molecular formula is C34H16N4S6. The van der Waals surface area contributed by atoms with Gasteiger partial charge in [0.2, 0.25) is 0 Å². The molecule has 0 aromatic carbocycles. The number of fused-ring (bicyclic) bond motifs is 3. The molecule has 0 bridgehead atoms. The van der Waals surface area contributed by atoms with E-state index in [-0.39, 0.29) is 0 Å². The average molecular weight is 673 g/mol. The summed E-state index contributed by atoms with van der Waals surface area (Å²) in [4.78, 5) is 9.83. The van der Waals surface area contributed by atoms with E-state index >= 15 is 0 Å². The van der Waals surface area contributed by atoms with Crippen molar-refractivity contribution in [1.82, 2.24) is 4.57 Å². The molecular weight excluding hydrogens is 657 g/mol. The van der Waals surface area contributed by atoms with Gasteiger partial charge in [-0.05, 0) is 72.8 Å². The number of nitrogens with zero attached hydrogens (tertiary/aromatic N) is 4. The Bertz CT molecular complexity index is 2290. The summed E-state index contributed by atoms with van der Waals surface area (Å²) in [7, 11) is 2.12. The number of rotatable bonds is 6. The van der Waals surface area contributed by atoms with E-state index in [9.17, 15) is 5.26 Å². The summed E-state index contributed by atoms with van der Waals surface area (Å²) in [5.74, 6) is 2.78. The quantitative estimate of drug-likeness (QED) is 0.130. The molecule has 7 aromatic heterocycles. The smallest absolute Gasteiger partial charge is 0.110 e. The van der Waals surface area contributed by atoms with Crippen molar-refractivity contribution < 1.29 is 0 Å². The van der Waals surface area contributed by atoms with Gasteiger partial charge in [0.25, 0.3) is 0 Å². The molecule has 0 N–H and O–H groups in total. The van der Waals surface area contributed by atoms with Crippen LogP contribution in [0.5, 0.6) is 0 Å². The van der Waals surface area contributed by atoms with Gasteiger partial charge in [-0.2, -0.15) is 15.8 Å². The number of aryl methyl sites for hydroxylation is 1. The van der Waals surface area contributed by atoms with Crippen molar-refractivity contribution in [2.45, 2.75) is 0 Å². The molecule has 0 aliphatic rings. The van der Waals surface area contributed by atoms with Crippen molar-refractivity contribution in [2.24, 2.45) is 7.05 Å². The first-order valence-electron chi connectivity index (χ1n) is 13.0. The van der Waals surface area contributed by atoms with Crippen LogP contribution in [0.4, 0.5) is 0 Å². The largest absolute Gasteiger partial charge is 0.342 e. The summed E-state index contributed by atoms with van der Waals surface area (Å²) in [5, 5.41) is 28.0. The predicted molar refractivity (Wildman–Crippen MR) is 191 cm³/mol. The molecule has 4 nitrogen and oxygen atoms in total. The lowest BCUT2D eigenvalue weighted by Crippen LogP contribution is -1.83. The van der Waals surface area contributed by atoms with Gasteiger partial charge in [-0.25, -0.2) is 0 Å². The molecule has 0 saturated heterocycles. The van der Waals surface area contributed by atoms with Gasteiger partial charge in [0.1, 0.15) is 28.0 Å². The minimum Gasteiger partial charge on any atom is -0.342 e. The van der Waals surface area contributed by atoms with Crippen LogP contribution in [0.15, 0.2) is 60.7 Å². The molecule has 44 heavy (non-hydrogen) atoms. The van der Waals surface area contributed by atoms with Gasteiger partial charge in [-0.15, -0.1) is 74.4 Å². The van der Waals surface area contributed by atoms with Crippen molar-refractivity contribution in [3.63, 3.8) is 0 Å². The maximum absolute atomic E-state index is 9.73. The SMILES string of the molecule is C#C/C(=C\c1ccc(-c2cc3c(s2)c2sc(-c4ccc(/C=C(\C#N)c5ccc(C#N)s5)s4)cc2n3C)s1)c1ccc(C#N)s1. The van der Waals surface area contributed by atoms with Gasteiger partial charge >= 0.3 is 0 Å². The zero-order valence-corrected chi connectivity index (χ0v) is 27.6. The second-order valence-corrected chi connectivity index (χ2v) is 16.0. The normalized spacial score (nSPS) is 11.9. The third kappa shape index (κ3) is 5.05. The molecule has 0 atom stereocenters. The van der Waals surface area contributed by atoms with Gasteiger partial charge in [0, 0.05) is 51.6 Å². The predicted octanol–water partition coefficient (Wildman–Crippen LogP) is 11.0. The van der Waals surface area contributed by atoms with Gasteiger partial charge < -0.3 is 4.57 Å². The lowest BCUT2D eigenvalue weighted by Gasteiger charge is -1.95. The topological polar surface area (TPSA) is 76.3 Å². The van der Waals surface area contributed by atoms with E-state index in [4.69, 9.17) is 16.9 Å². The van der Waals surface area contributed by atoms with Crippen LogP contribution in [0.3, 0.4) is 0 Å². The molecule has 7 heterocycles. The first-order valence-corrected chi connectivity index (χ1v) is 17.9. The number of aromatic nitrogens is 1. The number of terminal acetylenes is 1. The van der Waals surface area contributed by atoms with Crippen LogP contribution in [-0.2, 0) is 7.05 Å². The first kappa shape index (κ1) is 28.3. The Morgan fingerprint density at radius 2 is 1.14 bits per heavy atom. The van der Waals surface area contributed by atoms with Crippen LogP contribution in [0, 0.1) is 46.3 Å². The Kier molecular flexibility index (Phi) is 7.42. The van der Waals surface area contributed by atoms with Crippen LogP contribution in [0.25, 0.3) is 63.2 Å². The molecule has 0 saturated carbocycles. The van der Waals surface area contributed by atoms with Gasteiger partial charge in [0.15, 0.2) is 0 Å². The monoisotopic (exact) mass is 672 g/mol. The van der Waals surface area contributed by atoms with E-state index in [2.05, 4.69) is 72.1 Å². The molecule has 0 aliphatic heterocycles. The van der Waals surface area contributed by atoms with E-state index in [0.29, 0.717) is 15.3 Å². The van der Waals surface area contributed by atoms with Crippen molar-refractivity contribution >= 4 is 112 Å². The highest BCUT2D eigenvalue weighted by molar-refractivity contribution is 7.32. The third-order valence-corrected chi connectivity index (χ3v) is 13.8. The van der Waals surface area contributed by atoms with Crippen molar-refractivity contribution in [1.29, 1.82) is 15.8 Å². The van der Waals surface area contributed by atoms with E-state index in [0.717, 1.165) is 30.0 Å². The highest BCUT2D eigenvalue weighted by Crippen LogP contribution is 2.47. The fourth-order valence-corrected chi connectivity index (χ4v) is 10.9. The molecule has 7 aromatic rings. The summed E-state index contributed by atoms with van der Waals surface area (Å²) < 4.78 is 4.82. The summed E-state index contributed by atoms with van der Waals surface area (Å²) in [6, 6.07) is 26.8. The fourth-order valence-electron chi connectivity index (χ4n) is 4.80. The fraction of sp³-hybridized carbons (Fsp3) is 0.0294. The lowest BCUT2D eigenvalue weighted by molar-refractivity contribution is 1.02. The maximum atomic E-state index is 9.73. The molecule has 0 radical (unpaired) electrons. The molecule has 0 spiro atoms. The maximum Gasteiger partial charge on any atom is 0.110 e. The minimum atomic E-state index is 0.566. The second-order valence-electron chi connectivity index (χ2n) is 9.54. The highest BCUT2D eigenvalue weighted by Gasteiger charge is 2.18. The second kappa shape index (κ2) is 11.5. The number of hydrogen-bond acceptors (Lipinski definition) is 9. The molecule has 0 unspecified atom stereocenters. The standard InChI is InChI=1S/C34H16N4S6/c1-3-19(27-8-6-23(17-36)41-27)12-21-4-10-29(39-21)31-14-25-33(43-31)34-26(38(25)2)15-32(44-34)30-11-5-22(40-30)13-20(16-35)28-9-7-24(18-37)42-28/h1,4-15H,2H3/b19-12+,20-13+. The van der Waals surface area contributed by atoms with Crippen LogP contribution in [0.1, 0.15) is 29.3 Å². The number of nitriles is 3. The highest BCUT2D eigenvalue weighted by atomic mass is 32.1. The summed E-state index contributed by atoms with van der Waals surface area (Å²) >= 11 is 9.72. The zero-order chi connectivity index (χ0) is 30.4. The van der Waals surface area contributed by atoms with Crippen molar-refractivity contribution in [3.8, 4) is 50.1 Å². The Balaban J connectivity index is 1.18. The minimum absolute atomic E-state index is 0.566. The van der Waals surface area contributed by atoms with Gasteiger partial charge in [0.05, 0.1) is 26.0 Å². The Hall–Kier alpha value is -4.49. The Morgan fingerprint density at radius 3 is 1.59 bits per heavy atom. The Labute approximate surface area is 277 Å². The zero-order valence-electron chi connectivity index (χ0n) is 22.7. The van der Waals surface area contributed by atoms with Crippen molar-refractivity contribution in [3.05, 3.63) is 89.9 Å². The summed E-state index contributed by atoms with van der Waals surface area (Å²) in [5.41, 5.74) is 3.78. The number of hydrogen-bond donors (Lipinski definition) is 0. The molecule has 0 fully saturated rings. The van der Waals surface area contributed by atoms with Crippen LogP contribution < -0.4 is 0 Å². The average Bonchev–Trinajstić information content (AvgIpc) is 3.88. The van der Waals surface area contributed by atoms with Crippen molar-refractivity contribution in [2.75, 3.05) is 0 Å². The van der Waals surface area contributed by atoms with E-state index in [1.807, 2.05) is 35.6 Å². The van der Waals surface area contributed by atoms with Crippen LogP contribution >= 0.6 is 68.0 Å². The third-order valence-electron chi connectivity index (χ3n) is 6.91. The molecule has 0 aliphatic carbocycles. The number of allylic oxidation sites excluding steroid dienone is 2. The molecule has 208 valence electrons. The Morgan fingerprint density at radius 1 is 0.636 bits per heavy atom. The van der Waals surface area contributed by atoms with E-state index < -0.39 is 0 Å². The molecule has 7 rings (SSSR count). The first-order chi connectivity index (χ1) is 21.5. The van der Waals surface area contributed by atoms with Crippen LogP contribution in [0.2, 0.25) is 0 Å². The lowest BCUT2D eigenvalue weighted by atomic mass is 10.2. The van der Waals surface area contributed by atoms with Crippen LogP contribution in [-0.4, -0.2) is 4.57 Å². The van der Waals surface area contributed by atoms with Gasteiger partial charge in [-0.3, -0.25) is 0 Å². The number of thiophene rings is 6. The van der Waals surface area contributed by atoms with E-state index in [1.54, 1.807) is 46.1 Å². The van der Waals surface area contributed by atoms with Gasteiger partial charge in [-0.1, -0.05) is 5.92 Å².